The van der Waals surface area contributed by atoms with Crippen LogP contribution >= 0.6 is 0 Å². The molecular formula is C20H16FN3O. The van der Waals surface area contributed by atoms with Gasteiger partial charge in [-0.05, 0) is 42.8 Å². The van der Waals surface area contributed by atoms with E-state index in [-0.39, 0.29) is 5.82 Å². The standard InChI is InChI=1S/C20H16FN3O/c1-2-25-18-8-5-6-16(22-18)20-19(14-9-11-15(21)12-10-14)17-7-3-4-13-24(17)23-20/h3-13H,2H2,1H3. The van der Waals surface area contributed by atoms with Gasteiger partial charge in [0.2, 0.25) is 5.88 Å². The molecule has 0 radical (unpaired) electrons. The van der Waals surface area contributed by atoms with Crippen molar-refractivity contribution in [1.29, 1.82) is 0 Å². The Balaban J connectivity index is 1.96. The monoisotopic (exact) mass is 333 g/mol. The molecule has 3 heterocycles. The van der Waals surface area contributed by atoms with Crippen molar-refractivity contribution in [2.45, 2.75) is 6.92 Å². The molecule has 1 aromatic carbocycles. The van der Waals surface area contributed by atoms with Gasteiger partial charge in [-0.1, -0.05) is 24.3 Å². The number of rotatable bonds is 4. The molecule has 0 saturated carbocycles. The highest BCUT2D eigenvalue weighted by atomic mass is 19.1. The van der Waals surface area contributed by atoms with Crippen LogP contribution in [-0.4, -0.2) is 21.2 Å². The van der Waals surface area contributed by atoms with Crippen molar-refractivity contribution in [3.63, 3.8) is 0 Å². The highest BCUT2D eigenvalue weighted by Gasteiger charge is 2.17. The van der Waals surface area contributed by atoms with Gasteiger partial charge in [0, 0.05) is 17.8 Å². The minimum atomic E-state index is -0.266. The normalized spacial score (nSPS) is 11.0. The topological polar surface area (TPSA) is 39.4 Å². The molecule has 0 fully saturated rings. The van der Waals surface area contributed by atoms with E-state index in [1.807, 2.05) is 54.0 Å². The number of hydrogen-bond donors (Lipinski definition) is 0. The number of aromatic nitrogens is 3. The van der Waals surface area contributed by atoms with Gasteiger partial charge in [0.1, 0.15) is 11.5 Å². The molecule has 0 spiro atoms. The Labute approximate surface area is 144 Å². The third-order valence-corrected chi connectivity index (χ3v) is 3.93. The Hall–Kier alpha value is -3.21. The summed E-state index contributed by atoms with van der Waals surface area (Å²) in [4.78, 5) is 4.56. The first kappa shape index (κ1) is 15.3. The maximum Gasteiger partial charge on any atom is 0.213 e. The summed E-state index contributed by atoms with van der Waals surface area (Å²) in [6.07, 6.45) is 1.89. The van der Waals surface area contributed by atoms with Crippen LogP contribution in [0.1, 0.15) is 6.92 Å². The zero-order valence-corrected chi connectivity index (χ0v) is 13.7. The molecule has 0 unspecified atom stereocenters. The fraction of sp³-hybridized carbons (Fsp3) is 0.100. The number of ether oxygens (including phenoxy) is 1. The number of hydrogen-bond acceptors (Lipinski definition) is 3. The summed E-state index contributed by atoms with van der Waals surface area (Å²) in [5.74, 6) is 0.292. The van der Waals surface area contributed by atoms with Crippen molar-refractivity contribution in [2.75, 3.05) is 6.61 Å². The fourth-order valence-electron chi connectivity index (χ4n) is 2.85. The second-order valence-electron chi connectivity index (χ2n) is 5.56. The molecule has 5 heteroatoms. The van der Waals surface area contributed by atoms with Crippen molar-refractivity contribution in [3.8, 4) is 28.4 Å². The number of fused-ring (bicyclic) bond motifs is 1. The SMILES string of the molecule is CCOc1cccc(-c2nn3ccccc3c2-c2ccc(F)cc2)n1. The van der Waals surface area contributed by atoms with Crippen LogP contribution in [0.2, 0.25) is 0 Å². The Bertz CT molecular complexity index is 1020. The molecular weight excluding hydrogens is 317 g/mol. The average molecular weight is 333 g/mol. The van der Waals surface area contributed by atoms with Crippen LogP contribution < -0.4 is 4.74 Å². The van der Waals surface area contributed by atoms with Gasteiger partial charge in [-0.3, -0.25) is 0 Å². The third-order valence-electron chi connectivity index (χ3n) is 3.93. The first-order valence-electron chi connectivity index (χ1n) is 8.10. The molecule has 4 nitrogen and oxygen atoms in total. The van der Waals surface area contributed by atoms with Crippen LogP contribution in [-0.2, 0) is 0 Å². The van der Waals surface area contributed by atoms with Gasteiger partial charge in [-0.2, -0.15) is 5.10 Å². The Kier molecular flexibility index (Phi) is 3.90. The lowest BCUT2D eigenvalue weighted by atomic mass is 10.0. The molecule has 4 aromatic rings. The van der Waals surface area contributed by atoms with E-state index in [9.17, 15) is 4.39 Å². The first-order valence-corrected chi connectivity index (χ1v) is 8.10. The van der Waals surface area contributed by atoms with Gasteiger partial charge in [0.25, 0.3) is 0 Å². The molecule has 4 rings (SSSR count). The van der Waals surface area contributed by atoms with E-state index in [1.54, 1.807) is 12.1 Å². The molecule has 0 aliphatic carbocycles. The second-order valence-corrected chi connectivity index (χ2v) is 5.56. The van der Waals surface area contributed by atoms with E-state index in [0.717, 1.165) is 22.3 Å². The predicted octanol–water partition coefficient (Wildman–Crippen LogP) is 4.60. The van der Waals surface area contributed by atoms with Crippen LogP contribution in [0, 0.1) is 5.82 Å². The highest BCUT2D eigenvalue weighted by molar-refractivity contribution is 5.91. The fourth-order valence-corrected chi connectivity index (χ4v) is 2.85. The Morgan fingerprint density at radius 3 is 2.64 bits per heavy atom. The zero-order valence-electron chi connectivity index (χ0n) is 13.7. The summed E-state index contributed by atoms with van der Waals surface area (Å²) in [5, 5.41) is 4.69. The van der Waals surface area contributed by atoms with E-state index in [4.69, 9.17) is 4.74 Å². The van der Waals surface area contributed by atoms with Crippen LogP contribution in [0.15, 0.2) is 66.9 Å². The minimum Gasteiger partial charge on any atom is -0.478 e. The van der Waals surface area contributed by atoms with Crippen molar-refractivity contribution in [2.24, 2.45) is 0 Å². The van der Waals surface area contributed by atoms with E-state index >= 15 is 0 Å². The largest absolute Gasteiger partial charge is 0.478 e. The van der Waals surface area contributed by atoms with E-state index in [1.165, 1.54) is 12.1 Å². The molecule has 0 aliphatic heterocycles. The maximum absolute atomic E-state index is 13.4. The highest BCUT2D eigenvalue weighted by Crippen LogP contribution is 2.34. The zero-order chi connectivity index (χ0) is 17.2. The number of pyridine rings is 2. The molecule has 0 aliphatic rings. The van der Waals surface area contributed by atoms with Crippen molar-refractivity contribution < 1.29 is 9.13 Å². The van der Waals surface area contributed by atoms with Crippen LogP contribution in [0.25, 0.3) is 28.0 Å². The average Bonchev–Trinajstić information content (AvgIpc) is 3.03. The number of nitrogens with zero attached hydrogens (tertiary/aromatic N) is 3. The summed E-state index contributed by atoms with van der Waals surface area (Å²) < 4.78 is 20.7. The molecule has 0 saturated heterocycles. The number of benzene rings is 1. The first-order chi connectivity index (χ1) is 12.3. The van der Waals surface area contributed by atoms with Gasteiger partial charge in [-0.25, -0.2) is 13.9 Å². The van der Waals surface area contributed by atoms with Gasteiger partial charge >= 0.3 is 0 Å². The van der Waals surface area contributed by atoms with Gasteiger partial charge in [0.05, 0.1) is 17.8 Å². The summed E-state index contributed by atoms with van der Waals surface area (Å²) >= 11 is 0. The minimum absolute atomic E-state index is 0.266. The van der Waals surface area contributed by atoms with Gasteiger partial charge in [-0.15, -0.1) is 0 Å². The van der Waals surface area contributed by atoms with E-state index in [0.29, 0.717) is 18.2 Å². The number of halogens is 1. The molecule has 124 valence electrons. The Morgan fingerprint density at radius 2 is 1.84 bits per heavy atom. The van der Waals surface area contributed by atoms with Crippen molar-refractivity contribution >= 4 is 5.52 Å². The summed E-state index contributed by atoms with van der Waals surface area (Å²) in [5.41, 5.74) is 4.20. The van der Waals surface area contributed by atoms with Crippen molar-refractivity contribution in [1.82, 2.24) is 14.6 Å². The molecule has 0 atom stereocenters. The summed E-state index contributed by atoms with van der Waals surface area (Å²) in [6, 6.07) is 17.9. The molecule has 0 bridgehead atoms. The molecule has 25 heavy (non-hydrogen) atoms. The van der Waals surface area contributed by atoms with E-state index < -0.39 is 0 Å². The van der Waals surface area contributed by atoms with Crippen LogP contribution in [0.5, 0.6) is 5.88 Å². The Morgan fingerprint density at radius 1 is 1.00 bits per heavy atom. The smallest absolute Gasteiger partial charge is 0.213 e. The maximum atomic E-state index is 13.4. The summed E-state index contributed by atoms with van der Waals surface area (Å²) in [6.45, 7) is 2.47. The summed E-state index contributed by atoms with van der Waals surface area (Å²) in [7, 11) is 0. The lowest BCUT2D eigenvalue weighted by Gasteiger charge is -2.06. The quantitative estimate of drug-likeness (QED) is 0.548. The van der Waals surface area contributed by atoms with Gasteiger partial charge in [0.15, 0.2) is 0 Å². The van der Waals surface area contributed by atoms with Gasteiger partial charge < -0.3 is 4.74 Å². The van der Waals surface area contributed by atoms with Crippen LogP contribution in [0.3, 0.4) is 0 Å². The lowest BCUT2D eigenvalue weighted by molar-refractivity contribution is 0.327. The van der Waals surface area contributed by atoms with Crippen molar-refractivity contribution in [3.05, 3.63) is 72.7 Å². The lowest BCUT2D eigenvalue weighted by Crippen LogP contribution is -1.96. The third kappa shape index (κ3) is 2.85. The predicted molar refractivity (Wildman–Crippen MR) is 95.0 cm³/mol. The second kappa shape index (κ2) is 6.36. The molecule has 0 N–H and O–H groups in total. The van der Waals surface area contributed by atoms with Crippen LogP contribution in [0.4, 0.5) is 4.39 Å². The van der Waals surface area contributed by atoms with E-state index in [2.05, 4.69) is 10.1 Å². The molecule has 0 amide bonds. The molecule has 3 aromatic heterocycles.